The molecule has 1 atom stereocenters. The Labute approximate surface area is 156 Å². The molecule has 0 aliphatic rings. The number of rotatable bonds is 7. The molecule has 0 spiro atoms. The van der Waals surface area contributed by atoms with E-state index >= 15 is 0 Å². The lowest BCUT2D eigenvalue weighted by Gasteiger charge is -2.30. The van der Waals surface area contributed by atoms with Gasteiger partial charge in [0.2, 0.25) is 0 Å². The molecular weight excluding hydrogens is 398 g/mol. The first kappa shape index (κ1) is 22.5. The molecule has 150 valence electrons. The number of carbonyl (C=O) groups is 2. The molecule has 0 radical (unpaired) electrons. The summed E-state index contributed by atoms with van der Waals surface area (Å²) in [5.41, 5.74) is -4.13. The summed E-state index contributed by atoms with van der Waals surface area (Å²) in [7, 11) is 0.662. The highest BCUT2D eigenvalue weighted by molar-refractivity contribution is 6.65. The molecule has 0 saturated heterocycles. The number of hydrogen-bond donors (Lipinski definition) is 2. The zero-order chi connectivity index (χ0) is 20.7. The molecule has 0 saturated carbocycles. The smallest absolute Gasteiger partial charge is 0.463 e. The molecule has 2 amide bonds. The van der Waals surface area contributed by atoms with Gasteiger partial charge in [0.1, 0.15) is 11.0 Å². The predicted octanol–water partition coefficient (Wildman–Crippen LogP) is 3.75. The minimum absolute atomic E-state index is 0.0755. The first-order valence-electron chi connectivity index (χ1n) is 7.46. The molecule has 1 aromatic rings. The third-order valence-corrected chi connectivity index (χ3v) is 3.24. The Kier molecular flexibility index (Phi) is 7.82. The van der Waals surface area contributed by atoms with E-state index in [1.54, 1.807) is 6.92 Å². The average Bonchev–Trinajstić information content (AvgIpc) is 2.57. The Bertz CT molecular complexity index is 715. The second-order valence-electron chi connectivity index (χ2n) is 5.07. The number of nitrogens with zero attached hydrogens (tertiary/aromatic N) is 1. The standard InChI is InChI=1S/C15H16ClF4N3O4/c1-3-5-11(16)23-27-14(12(24)26-2,15(18,19)20)22-13(25)21-10-7-4-6-9(17)8-10/h4,6-8H,3,5H2,1-2H3,(H2,21,22,25)/b23-11+/t14-/m0/s1. The highest BCUT2D eigenvalue weighted by Crippen LogP contribution is 2.33. The van der Waals surface area contributed by atoms with Crippen molar-refractivity contribution in [3.63, 3.8) is 0 Å². The number of anilines is 1. The van der Waals surface area contributed by atoms with E-state index in [4.69, 9.17) is 11.6 Å². The van der Waals surface area contributed by atoms with Gasteiger partial charge in [-0.3, -0.25) is 5.32 Å². The summed E-state index contributed by atoms with van der Waals surface area (Å²) in [4.78, 5) is 28.1. The topological polar surface area (TPSA) is 89.0 Å². The summed E-state index contributed by atoms with van der Waals surface area (Å²) in [6.07, 6.45) is -4.95. The van der Waals surface area contributed by atoms with Crippen LogP contribution in [0.25, 0.3) is 0 Å². The van der Waals surface area contributed by atoms with E-state index in [1.165, 1.54) is 17.4 Å². The van der Waals surface area contributed by atoms with Crippen molar-refractivity contribution in [2.75, 3.05) is 12.4 Å². The van der Waals surface area contributed by atoms with Crippen molar-refractivity contribution in [3.8, 4) is 0 Å². The molecule has 1 rings (SSSR count). The number of benzene rings is 1. The van der Waals surface area contributed by atoms with Gasteiger partial charge in [-0.25, -0.2) is 14.0 Å². The lowest BCUT2D eigenvalue weighted by Crippen LogP contribution is -2.66. The van der Waals surface area contributed by atoms with Crippen molar-refractivity contribution in [3.05, 3.63) is 30.1 Å². The summed E-state index contributed by atoms with van der Waals surface area (Å²) >= 11 is 5.60. The first-order valence-corrected chi connectivity index (χ1v) is 7.84. The van der Waals surface area contributed by atoms with Crippen molar-refractivity contribution in [2.45, 2.75) is 31.7 Å². The minimum atomic E-state index is -5.47. The summed E-state index contributed by atoms with van der Waals surface area (Å²) in [5.74, 6) is -2.73. The van der Waals surface area contributed by atoms with E-state index in [1.807, 2.05) is 5.32 Å². The molecule has 0 bridgehead atoms. The number of oxime groups is 1. The van der Waals surface area contributed by atoms with Crippen LogP contribution in [-0.4, -0.2) is 36.2 Å². The number of urea groups is 1. The monoisotopic (exact) mass is 413 g/mol. The summed E-state index contributed by atoms with van der Waals surface area (Å²) in [5, 5.41) is 5.97. The molecule has 7 nitrogen and oxygen atoms in total. The molecule has 0 aliphatic carbocycles. The highest BCUT2D eigenvalue weighted by Gasteiger charge is 2.67. The zero-order valence-electron chi connectivity index (χ0n) is 14.2. The third kappa shape index (κ3) is 5.98. The maximum atomic E-state index is 13.6. The van der Waals surface area contributed by atoms with E-state index in [0.29, 0.717) is 13.5 Å². The van der Waals surface area contributed by atoms with E-state index in [9.17, 15) is 27.2 Å². The van der Waals surface area contributed by atoms with Crippen molar-refractivity contribution in [1.29, 1.82) is 0 Å². The highest BCUT2D eigenvalue weighted by atomic mass is 35.5. The van der Waals surface area contributed by atoms with Crippen LogP contribution < -0.4 is 10.6 Å². The van der Waals surface area contributed by atoms with Gasteiger partial charge in [0, 0.05) is 12.1 Å². The van der Waals surface area contributed by atoms with Gasteiger partial charge in [0.15, 0.2) is 0 Å². The summed E-state index contributed by atoms with van der Waals surface area (Å²) in [6.45, 7) is 1.68. The van der Waals surface area contributed by atoms with Crippen LogP contribution in [0.5, 0.6) is 0 Å². The fraction of sp³-hybridized carbons (Fsp3) is 0.400. The number of nitrogens with one attached hydrogen (secondary N) is 2. The van der Waals surface area contributed by atoms with Crippen LogP contribution in [0.3, 0.4) is 0 Å². The van der Waals surface area contributed by atoms with Gasteiger partial charge in [-0.1, -0.05) is 29.7 Å². The molecular formula is C15H16ClF4N3O4. The maximum absolute atomic E-state index is 13.6. The van der Waals surface area contributed by atoms with Crippen LogP contribution in [-0.2, 0) is 14.4 Å². The fourth-order valence-corrected chi connectivity index (χ4v) is 1.98. The van der Waals surface area contributed by atoms with Gasteiger partial charge >= 0.3 is 23.9 Å². The minimum Gasteiger partial charge on any atom is -0.464 e. The number of halogens is 5. The maximum Gasteiger partial charge on any atom is 0.463 e. The Balaban J connectivity index is 3.17. The molecule has 0 heterocycles. The molecule has 0 aromatic heterocycles. The van der Waals surface area contributed by atoms with E-state index in [2.05, 4.69) is 14.7 Å². The van der Waals surface area contributed by atoms with Crippen LogP contribution in [0.4, 0.5) is 28.0 Å². The van der Waals surface area contributed by atoms with E-state index < -0.39 is 29.7 Å². The van der Waals surface area contributed by atoms with Crippen LogP contribution in [0, 0.1) is 5.82 Å². The lowest BCUT2D eigenvalue weighted by molar-refractivity contribution is -0.283. The number of carbonyl (C=O) groups excluding carboxylic acids is 2. The van der Waals surface area contributed by atoms with E-state index in [0.717, 1.165) is 12.1 Å². The molecule has 1 aromatic carbocycles. The summed E-state index contributed by atoms with van der Waals surface area (Å²) < 4.78 is 57.9. The summed E-state index contributed by atoms with van der Waals surface area (Å²) in [6, 6.07) is 2.82. The van der Waals surface area contributed by atoms with Crippen LogP contribution in [0.1, 0.15) is 19.8 Å². The molecule has 0 fully saturated rings. The Morgan fingerprint density at radius 2 is 1.96 bits per heavy atom. The lowest BCUT2D eigenvalue weighted by atomic mass is 10.2. The first-order chi connectivity index (χ1) is 12.6. The molecule has 12 heteroatoms. The van der Waals surface area contributed by atoms with Gasteiger partial charge in [0.25, 0.3) is 0 Å². The van der Waals surface area contributed by atoms with Gasteiger partial charge in [-0.15, -0.1) is 0 Å². The van der Waals surface area contributed by atoms with Gasteiger partial charge in [-0.2, -0.15) is 13.2 Å². The Morgan fingerprint density at radius 1 is 1.30 bits per heavy atom. The largest absolute Gasteiger partial charge is 0.464 e. The third-order valence-electron chi connectivity index (χ3n) is 2.98. The number of ether oxygens (including phenoxy) is 1. The van der Waals surface area contributed by atoms with Crippen LogP contribution in [0.2, 0.25) is 0 Å². The number of methoxy groups -OCH3 is 1. The van der Waals surface area contributed by atoms with Crippen LogP contribution >= 0.6 is 11.6 Å². The number of alkyl halides is 3. The second-order valence-corrected chi connectivity index (χ2v) is 5.51. The van der Waals surface area contributed by atoms with Crippen molar-refractivity contribution in [1.82, 2.24) is 5.32 Å². The molecule has 2 N–H and O–H groups in total. The van der Waals surface area contributed by atoms with Gasteiger partial charge < -0.3 is 14.9 Å². The number of hydrogen-bond acceptors (Lipinski definition) is 5. The quantitative estimate of drug-likeness (QED) is 0.234. The predicted molar refractivity (Wildman–Crippen MR) is 88.6 cm³/mol. The molecule has 0 unspecified atom stereocenters. The molecule has 0 aliphatic heterocycles. The normalized spacial score (nSPS) is 14.1. The van der Waals surface area contributed by atoms with Gasteiger partial charge in [-0.05, 0) is 24.6 Å². The Morgan fingerprint density at radius 3 is 2.48 bits per heavy atom. The van der Waals surface area contributed by atoms with Crippen molar-refractivity contribution in [2.24, 2.45) is 5.16 Å². The van der Waals surface area contributed by atoms with E-state index in [-0.39, 0.29) is 17.3 Å². The van der Waals surface area contributed by atoms with Crippen molar-refractivity contribution >= 4 is 34.5 Å². The fourth-order valence-electron chi connectivity index (χ4n) is 1.75. The van der Waals surface area contributed by atoms with Crippen LogP contribution in [0.15, 0.2) is 29.4 Å². The second kappa shape index (κ2) is 9.40. The SMILES string of the molecule is CCC/C(Cl)=N\O[C@@](NC(=O)Nc1cccc(F)c1)(C(=O)OC)C(F)(F)F. The number of amides is 2. The Hall–Kier alpha value is -2.56. The molecule has 27 heavy (non-hydrogen) atoms. The van der Waals surface area contributed by atoms with Crippen molar-refractivity contribution < 1.29 is 36.7 Å². The average molecular weight is 414 g/mol. The zero-order valence-corrected chi connectivity index (χ0v) is 14.9. The van der Waals surface area contributed by atoms with Gasteiger partial charge in [0.05, 0.1) is 7.11 Å². The number of esters is 1.